The Morgan fingerprint density at radius 1 is 0.902 bits per heavy atom. The molecule has 3 fully saturated rings. The van der Waals surface area contributed by atoms with Crippen molar-refractivity contribution in [2.45, 2.75) is 105 Å². The molecule has 2 saturated heterocycles. The molecule has 18 nitrogen and oxygen atoms in total. The van der Waals surface area contributed by atoms with Crippen molar-refractivity contribution >= 4 is 5.91 Å². The Morgan fingerprint density at radius 2 is 1.56 bits per heavy atom. The number of carbonyl (C=O) groups excluding carboxylic acids is 1. The van der Waals surface area contributed by atoms with Crippen molar-refractivity contribution in [3.63, 3.8) is 0 Å². The van der Waals surface area contributed by atoms with Crippen LogP contribution >= 0.6 is 0 Å². The summed E-state index contributed by atoms with van der Waals surface area (Å²) in [4.78, 5) is 12.5. The lowest BCUT2D eigenvalue weighted by Gasteiger charge is -2.48. The Labute approximate surface area is 236 Å². The fraction of sp³-hybridized carbons (Fsp3) is 0.957. The van der Waals surface area contributed by atoms with Crippen LogP contribution in [0.4, 0.5) is 0 Å². The first-order valence-electron chi connectivity index (χ1n) is 13.6. The smallest absolute Gasteiger partial charge is 0.250 e. The SMILES string of the molecule is NC[C@H](O)C(=O)N[C@@H]1C[C@H](N)C(O[C@H]2O[C@H](CNCCO)[C@@H](O)C[C@H]2N)[C@H](O)[C@H]1O[C@H]1O[C@H](CO)[C@@H](O)[C@H](N)[C@H]1O. The molecule has 0 bridgehead atoms. The standard InChI is InChI=1S/C23H46N6O12/c24-5-12(33)21(37)29-10-3-8(25)19(40-22-9(26)4-11(32)13(38-22)6-28-1-2-30)18(36)20(10)41-23-17(35)15(27)16(34)14(7-31)39-23/h8-20,22-23,28,30-36H,1-7,24-27H2,(H,29,37)/t8-,9+,10+,11-,12-,13+,14+,15-,16+,17+,18-,19?,20-,22+,23+/m0/s1. The molecule has 1 aliphatic carbocycles. The number of carbonyl (C=O) groups is 1. The maximum absolute atomic E-state index is 12.5. The van der Waals surface area contributed by atoms with E-state index in [0.717, 1.165) is 0 Å². The summed E-state index contributed by atoms with van der Waals surface area (Å²) in [6.45, 7) is -0.683. The van der Waals surface area contributed by atoms with Crippen molar-refractivity contribution in [3.8, 4) is 0 Å². The van der Waals surface area contributed by atoms with E-state index in [1.165, 1.54) is 0 Å². The summed E-state index contributed by atoms with van der Waals surface area (Å²) < 4.78 is 23.3. The fourth-order valence-corrected chi connectivity index (χ4v) is 5.21. The third-order valence-electron chi connectivity index (χ3n) is 7.63. The van der Waals surface area contributed by atoms with Gasteiger partial charge in [-0.25, -0.2) is 0 Å². The molecule has 41 heavy (non-hydrogen) atoms. The molecule has 2 heterocycles. The summed E-state index contributed by atoms with van der Waals surface area (Å²) in [7, 11) is 0. The van der Waals surface area contributed by atoms with E-state index in [4.69, 9.17) is 47.0 Å². The molecule has 3 rings (SSSR count). The van der Waals surface area contributed by atoms with Crippen LogP contribution in [0.3, 0.4) is 0 Å². The van der Waals surface area contributed by atoms with E-state index in [0.29, 0.717) is 0 Å². The third-order valence-corrected chi connectivity index (χ3v) is 7.63. The van der Waals surface area contributed by atoms with Crippen LogP contribution in [-0.2, 0) is 23.7 Å². The number of aliphatic hydroxyl groups excluding tert-OH is 7. The Hall–Kier alpha value is -1.17. The second kappa shape index (κ2) is 15.5. The zero-order valence-corrected chi connectivity index (χ0v) is 22.6. The van der Waals surface area contributed by atoms with Crippen molar-refractivity contribution in [1.82, 2.24) is 10.6 Å². The quantitative estimate of drug-likeness (QED) is 0.0927. The lowest BCUT2D eigenvalue weighted by molar-refractivity contribution is -0.316. The lowest BCUT2D eigenvalue weighted by atomic mass is 9.83. The molecular weight excluding hydrogens is 552 g/mol. The van der Waals surface area contributed by atoms with Crippen molar-refractivity contribution in [2.24, 2.45) is 22.9 Å². The molecular formula is C23H46N6O12. The van der Waals surface area contributed by atoms with E-state index < -0.39 is 104 Å². The van der Waals surface area contributed by atoms with Gasteiger partial charge in [0.1, 0.15) is 42.7 Å². The predicted octanol–water partition coefficient (Wildman–Crippen LogP) is -8.20. The van der Waals surface area contributed by atoms with Crippen LogP contribution in [-0.4, -0.2) is 166 Å². The van der Waals surface area contributed by atoms with Crippen LogP contribution in [0.5, 0.6) is 0 Å². The molecule has 0 aromatic heterocycles. The molecule has 0 aromatic carbocycles. The van der Waals surface area contributed by atoms with Crippen LogP contribution < -0.4 is 33.6 Å². The lowest BCUT2D eigenvalue weighted by Crippen LogP contribution is -2.69. The van der Waals surface area contributed by atoms with Gasteiger partial charge < -0.3 is 88.3 Å². The van der Waals surface area contributed by atoms with E-state index in [1.807, 2.05) is 0 Å². The molecule has 15 atom stereocenters. The summed E-state index contributed by atoms with van der Waals surface area (Å²) in [5.74, 6) is -0.861. The van der Waals surface area contributed by atoms with E-state index in [-0.39, 0.29) is 39.1 Å². The molecule has 1 unspecified atom stereocenters. The average molecular weight is 599 g/mol. The maximum Gasteiger partial charge on any atom is 0.250 e. The summed E-state index contributed by atoms with van der Waals surface area (Å²) in [6, 6.07) is -4.05. The van der Waals surface area contributed by atoms with Gasteiger partial charge in [0.15, 0.2) is 12.6 Å². The van der Waals surface area contributed by atoms with Crippen molar-refractivity contribution in [1.29, 1.82) is 0 Å². The zero-order valence-electron chi connectivity index (χ0n) is 22.6. The van der Waals surface area contributed by atoms with Crippen LogP contribution in [0.2, 0.25) is 0 Å². The monoisotopic (exact) mass is 598 g/mol. The van der Waals surface area contributed by atoms with E-state index in [1.54, 1.807) is 0 Å². The predicted molar refractivity (Wildman–Crippen MR) is 138 cm³/mol. The molecule has 1 amide bonds. The largest absolute Gasteiger partial charge is 0.395 e. The fourth-order valence-electron chi connectivity index (χ4n) is 5.21. The van der Waals surface area contributed by atoms with Gasteiger partial charge in [0.2, 0.25) is 5.91 Å². The molecule has 2 aliphatic heterocycles. The summed E-state index contributed by atoms with van der Waals surface area (Å²) >= 11 is 0. The number of hydrogen-bond acceptors (Lipinski definition) is 17. The second-order valence-corrected chi connectivity index (χ2v) is 10.7. The number of nitrogens with one attached hydrogen (secondary N) is 2. The molecule has 0 aromatic rings. The van der Waals surface area contributed by atoms with Gasteiger partial charge in [-0.05, 0) is 12.8 Å². The minimum absolute atomic E-state index is 0.0532. The second-order valence-electron chi connectivity index (χ2n) is 10.7. The number of hydrogen-bond donors (Lipinski definition) is 13. The Bertz CT molecular complexity index is 819. The highest BCUT2D eigenvalue weighted by atomic mass is 16.7. The average Bonchev–Trinajstić information content (AvgIpc) is 2.94. The third kappa shape index (κ3) is 8.26. The van der Waals surface area contributed by atoms with Gasteiger partial charge in [-0.15, -0.1) is 0 Å². The highest BCUT2D eigenvalue weighted by molar-refractivity contribution is 5.81. The molecule has 17 N–H and O–H groups in total. The van der Waals surface area contributed by atoms with Crippen LogP contribution in [0.1, 0.15) is 12.8 Å². The molecule has 3 aliphatic rings. The number of aliphatic hydroxyl groups is 7. The Kier molecular flexibility index (Phi) is 13.0. The van der Waals surface area contributed by atoms with E-state index in [2.05, 4.69) is 10.6 Å². The van der Waals surface area contributed by atoms with Crippen LogP contribution in [0, 0.1) is 0 Å². The van der Waals surface area contributed by atoms with Gasteiger partial charge in [-0.2, -0.15) is 0 Å². The molecule has 1 saturated carbocycles. The van der Waals surface area contributed by atoms with E-state index in [9.17, 15) is 35.4 Å². The topological polar surface area (TPSA) is 324 Å². The molecule has 0 spiro atoms. The minimum Gasteiger partial charge on any atom is -0.395 e. The van der Waals surface area contributed by atoms with Gasteiger partial charge in [0.25, 0.3) is 0 Å². The van der Waals surface area contributed by atoms with Gasteiger partial charge in [-0.3, -0.25) is 4.79 Å². The van der Waals surface area contributed by atoms with Gasteiger partial charge >= 0.3 is 0 Å². The van der Waals surface area contributed by atoms with Gasteiger partial charge in [-0.1, -0.05) is 0 Å². The number of nitrogens with two attached hydrogens (primary N) is 4. The summed E-state index contributed by atoms with van der Waals surface area (Å²) in [6.07, 6.45) is -14.2. The Balaban J connectivity index is 1.80. The molecule has 240 valence electrons. The summed E-state index contributed by atoms with van der Waals surface area (Å²) in [5.41, 5.74) is 23.8. The number of ether oxygens (including phenoxy) is 4. The first kappa shape index (κ1) is 34.3. The normalized spacial score (nSPS) is 44.4. The minimum atomic E-state index is -1.60. The van der Waals surface area contributed by atoms with Crippen molar-refractivity contribution < 1.29 is 59.5 Å². The van der Waals surface area contributed by atoms with Crippen molar-refractivity contribution in [2.75, 3.05) is 32.8 Å². The highest BCUT2D eigenvalue weighted by Crippen LogP contribution is 2.31. The van der Waals surface area contributed by atoms with Gasteiger partial charge in [0.05, 0.1) is 43.5 Å². The molecule has 0 radical (unpaired) electrons. The van der Waals surface area contributed by atoms with Gasteiger partial charge in [0, 0.05) is 25.7 Å². The Morgan fingerprint density at radius 3 is 2.20 bits per heavy atom. The highest BCUT2D eigenvalue weighted by Gasteiger charge is 2.51. The zero-order chi connectivity index (χ0) is 30.4. The first-order valence-corrected chi connectivity index (χ1v) is 13.6. The first-order chi connectivity index (χ1) is 19.4. The maximum atomic E-state index is 12.5. The number of rotatable bonds is 12. The van der Waals surface area contributed by atoms with Crippen molar-refractivity contribution in [3.05, 3.63) is 0 Å². The van der Waals surface area contributed by atoms with Crippen LogP contribution in [0.15, 0.2) is 0 Å². The van der Waals surface area contributed by atoms with Crippen LogP contribution in [0.25, 0.3) is 0 Å². The summed E-state index contributed by atoms with van der Waals surface area (Å²) in [5, 5.41) is 76.5. The molecule has 18 heteroatoms. The number of amides is 1. The van der Waals surface area contributed by atoms with E-state index >= 15 is 0 Å².